The molecule has 7 heteroatoms. The molecule has 0 rings (SSSR count). The Kier molecular flexibility index (Phi) is 7.90. The van der Waals surface area contributed by atoms with Gasteiger partial charge in [-0.25, -0.2) is 9.59 Å². The first kappa shape index (κ1) is 17.5. The van der Waals surface area contributed by atoms with Crippen LogP contribution in [0, 0.1) is 5.41 Å². The van der Waals surface area contributed by atoms with Crippen molar-refractivity contribution in [3.05, 3.63) is 0 Å². The fourth-order valence-corrected chi connectivity index (χ4v) is 1.45. The SMILES string of the molecule is CC(C)NC(=O)OCC(C)(CCCO)COC(N)=O. The van der Waals surface area contributed by atoms with Crippen LogP contribution in [-0.2, 0) is 9.47 Å². The number of primary amides is 1. The average molecular weight is 276 g/mol. The number of amides is 2. The van der Waals surface area contributed by atoms with Gasteiger partial charge in [-0.3, -0.25) is 0 Å². The van der Waals surface area contributed by atoms with Gasteiger partial charge in [0.1, 0.15) is 13.2 Å². The summed E-state index contributed by atoms with van der Waals surface area (Å²) < 4.78 is 9.85. The van der Waals surface area contributed by atoms with Crippen LogP contribution in [0.3, 0.4) is 0 Å². The van der Waals surface area contributed by atoms with Crippen molar-refractivity contribution in [2.75, 3.05) is 19.8 Å². The highest BCUT2D eigenvalue weighted by Crippen LogP contribution is 2.24. The molecule has 1 unspecified atom stereocenters. The summed E-state index contributed by atoms with van der Waals surface area (Å²) in [4.78, 5) is 22.0. The maximum Gasteiger partial charge on any atom is 0.407 e. The van der Waals surface area contributed by atoms with Crippen LogP contribution in [-0.4, -0.2) is 43.2 Å². The molecule has 0 aliphatic rings. The minimum Gasteiger partial charge on any atom is -0.449 e. The van der Waals surface area contributed by atoms with Crippen LogP contribution < -0.4 is 11.1 Å². The maximum atomic E-state index is 11.4. The molecule has 0 saturated heterocycles. The molecule has 19 heavy (non-hydrogen) atoms. The number of carbonyl (C=O) groups excluding carboxylic acids is 2. The van der Waals surface area contributed by atoms with E-state index < -0.39 is 17.6 Å². The zero-order valence-corrected chi connectivity index (χ0v) is 11.8. The molecule has 1 atom stereocenters. The second-order valence-electron chi connectivity index (χ2n) is 5.12. The highest BCUT2D eigenvalue weighted by atomic mass is 16.6. The summed E-state index contributed by atoms with van der Waals surface area (Å²) in [5.41, 5.74) is 4.36. The van der Waals surface area contributed by atoms with Gasteiger partial charge in [0.25, 0.3) is 0 Å². The van der Waals surface area contributed by atoms with Crippen molar-refractivity contribution >= 4 is 12.2 Å². The normalized spacial score (nSPS) is 13.7. The van der Waals surface area contributed by atoms with E-state index in [1.165, 1.54) is 0 Å². The summed E-state index contributed by atoms with van der Waals surface area (Å²) in [7, 11) is 0. The molecule has 0 fully saturated rings. The zero-order chi connectivity index (χ0) is 14.9. The Labute approximate surface area is 113 Å². The van der Waals surface area contributed by atoms with Crippen LogP contribution in [0.25, 0.3) is 0 Å². The summed E-state index contributed by atoms with van der Waals surface area (Å²) in [5.74, 6) is 0. The van der Waals surface area contributed by atoms with Crippen molar-refractivity contribution in [1.29, 1.82) is 0 Å². The van der Waals surface area contributed by atoms with E-state index in [-0.39, 0.29) is 25.9 Å². The predicted molar refractivity (Wildman–Crippen MR) is 69.6 cm³/mol. The molecule has 7 nitrogen and oxygen atoms in total. The van der Waals surface area contributed by atoms with Crippen molar-refractivity contribution < 1.29 is 24.2 Å². The highest BCUT2D eigenvalue weighted by molar-refractivity contribution is 5.67. The molecule has 0 bridgehead atoms. The first-order valence-corrected chi connectivity index (χ1v) is 6.25. The maximum absolute atomic E-state index is 11.4. The van der Waals surface area contributed by atoms with Gasteiger partial charge in [0.15, 0.2) is 0 Å². The summed E-state index contributed by atoms with van der Waals surface area (Å²) in [6.45, 7) is 5.58. The van der Waals surface area contributed by atoms with Crippen molar-refractivity contribution in [1.82, 2.24) is 5.32 Å². The highest BCUT2D eigenvalue weighted by Gasteiger charge is 2.28. The monoisotopic (exact) mass is 276 g/mol. The Morgan fingerprint density at radius 2 is 1.89 bits per heavy atom. The Bertz CT molecular complexity index is 296. The van der Waals surface area contributed by atoms with E-state index in [4.69, 9.17) is 20.3 Å². The van der Waals surface area contributed by atoms with Gasteiger partial charge in [0, 0.05) is 18.1 Å². The molecular formula is C12H24N2O5. The van der Waals surface area contributed by atoms with Gasteiger partial charge in [-0.05, 0) is 26.7 Å². The smallest absolute Gasteiger partial charge is 0.407 e. The number of aliphatic hydroxyl groups is 1. The van der Waals surface area contributed by atoms with Gasteiger partial charge in [-0.2, -0.15) is 0 Å². The summed E-state index contributed by atoms with van der Waals surface area (Å²) in [5, 5.41) is 11.4. The van der Waals surface area contributed by atoms with Crippen LogP contribution >= 0.6 is 0 Å². The van der Waals surface area contributed by atoms with E-state index in [0.717, 1.165) is 0 Å². The molecule has 0 aromatic carbocycles. The summed E-state index contributed by atoms with van der Waals surface area (Å²) in [6, 6.07) is -0.0157. The zero-order valence-electron chi connectivity index (χ0n) is 11.8. The molecule has 0 radical (unpaired) electrons. The Hall–Kier alpha value is -1.50. The lowest BCUT2D eigenvalue weighted by Crippen LogP contribution is -2.37. The van der Waals surface area contributed by atoms with Crippen LogP contribution in [0.4, 0.5) is 9.59 Å². The molecule has 0 aliphatic heterocycles. The van der Waals surface area contributed by atoms with E-state index in [9.17, 15) is 9.59 Å². The number of ether oxygens (including phenoxy) is 2. The number of nitrogens with two attached hydrogens (primary N) is 1. The van der Waals surface area contributed by atoms with Crippen LogP contribution in [0.15, 0.2) is 0 Å². The van der Waals surface area contributed by atoms with E-state index >= 15 is 0 Å². The van der Waals surface area contributed by atoms with Crippen LogP contribution in [0.1, 0.15) is 33.6 Å². The minimum atomic E-state index is -0.873. The van der Waals surface area contributed by atoms with E-state index in [0.29, 0.717) is 12.8 Å². The van der Waals surface area contributed by atoms with Gasteiger partial charge < -0.3 is 25.6 Å². The molecule has 0 saturated carbocycles. The standard InChI is InChI=1S/C12H24N2O5/c1-9(2)14-11(17)19-8-12(3,5-4-6-15)7-18-10(13)16/h9,15H,4-8H2,1-3H3,(H2,13,16)(H,14,17). The van der Waals surface area contributed by atoms with E-state index in [1.807, 2.05) is 13.8 Å². The molecule has 2 amide bonds. The number of nitrogens with one attached hydrogen (secondary N) is 1. The van der Waals surface area contributed by atoms with Gasteiger partial charge in [-0.1, -0.05) is 6.92 Å². The Morgan fingerprint density at radius 3 is 2.37 bits per heavy atom. The van der Waals surface area contributed by atoms with Gasteiger partial charge in [0.05, 0.1) is 0 Å². The van der Waals surface area contributed by atoms with Gasteiger partial charge in [0.2, 0.25) is 0 Å². The Balaban J connectivity index is 4.31. The Morgan fingerprint density at radius 1 is 1.32 bits per heavy atom. The summed E-state index contributed by atoms with van der Waals surface area (Å²) in [6.07, 6.45) is -0.328. The molecule has 0 aliphatic carbocycles. The first-order chi connectivity index (χ1) is 8.79. The molecule has 0 aromatic rings. The van der Waals surface area contributed by atoms with Gasteiger partial charge >= 0.3 is 12.2 Å². The third-order valence-electron chi connectivity index (χ3n) is 2.46. The topological polar surface area (TPSA) is 111 Å². The lowest BCUT2D eigenvalue weighted by atomic mass is 9.87. The van der Waals surface area contributed by atoms with E-state index in [2.05, 4.69) is 5.32 Å². The van der Waals surface area contributed by atoms with Crippen molar-refractivity contribution in [2.45, 2.75) is 39.7 Å². The van der Waals surface area contributed by atoms with Crippen molar-refractivity contribution in [3.8, 4) is 0 Å². The first-order valence-electron chi connectivity index (χ1n) is 6.25. The number of hydrogen-bond donors (Lipinski definition) is 3. The molecule has 0 spiro atoms. The molecule has 0 heterocycles. The molecular weight excluding hydrogens is 252 g/mol. The van der Waals surface area contributed by atoms with Crippen LogP contribution in [0.2, 0.25) is 0 Å². The number of aliphatic hydroxyl groups excluding tert-OH is 1. The lowest BCUT2D eigenvalue weighted by Gasteiger charge is -2.28. The number of alkyl carbamates (subject to hydrolysis) is 1. The van der Waals surface area contributed by atoms with Crippen molar-refractivity contribution in [2.24, 2.45) is 11.1 Å². The second-order valence-corrected chi connectivity index (χ2v) is 5.12. The fourth-order valence-electron chi connectivity index (χ4n) is 1.45. The van der Waals surface area contributed by atoms with Gasteiger partial charge in [-0.15, -0.1) is 0 Å². The molecule has 4 N–H and O–H groups in total. The number of hydrogen-bond acceptors (Lipinski definition) is 5. The second kappa shape index (κ2) is 8.58. The number of rotatable bonds is 8. The van der Waals surface area contributed by atoms with Crippen molar-refractivity contribution in [3.63, 3.8) is 0 Å². The average Bonchev–Trinajstić information content (AvgIpc) is 2.31. The molecule has 0 aromatic heterocycles. The summed E-state index contributed by atoms with van der Waals surface area (Å²) >= 11 is 0. The minimum absolute atomic E-state index is 0.0157. The van der Waals surface area contributed by atoms with Crippen LogP contribution in [0.5, 0.6) is 0 Å². The number of carbonyl (C=O) groups is 2. The largest absolute Gasteiger partial charge is 0.449 e. The quantitative estimate of drug-likeness (QED) is 0.612. The molecule has 112 valence electrons. The third-order valence-corrected chi connectivity index (χ3v) is 2.46. The fraction of sp³-hybridized carbons (Fsp3) is 0.833. The lowest BCUT2D eigenvalue weighted by molar-refractivity contribution is 0.0300. The van der Waals surface area contributed by atoms with E-state index in [1.54, 1.807) is 6.92 Å². The predicted octanol–water partition coefficient (Wildman–Crippen LogP) is 0.995. The third kappa shape index (κ3) is 9.12.